The van der Waals surface area contributed by atoms with Gasteiger partial charge in [-0.1, -0.05) is 6.92 Å². The second-order valence-corrected chi connectivity index (χ2v) is 3.54. The van der Waals surface area contributed by atoms with Gasteiger partial charge in [0.2, 0.25) is 0 Å². The van der Waals surface area contributed by atoms with Crippen LogP contribution in [0.25, 0.3) is 0 Å². The van der Waals surface area contributed by atoms with Gasteiger partial charge in [-0.15, -0.1) is 4.67 Å². The maximum atomic E-state index is 10.1. The van der Waals surface area contributed by atoms with Gasteiger partial charge in [-0.2, -0.15) is 0 Å². The summed E-state index contributed by atoms with van der Waals surface area (Å²) in [5.74, 6) is -0.680. The SMILES string of the molecule is CC(C=O)C(O)COOP(=O)(O)O. The largest absolute Gasteiger partial charge is 0.496 e. The van der Waals surface area contributed by atoms with Crippen LogP contribution in [-0.2, 0) is 18.9 Å². The summed E-state index contributed by atoms with van der Waals surface area (Å²) in [6, 6.07) is 0. The summed E-state index contributed by atoms with van der Waals surface area (Å²) in [5, 5.41) is 9.03. The van der Waals surface area contributed by atoms with Crippen molar-refractivity contribution in [2.24, 2.45) is 5.92 Å². The summed E-state index contributed by atoms with van der Waals surface area (Å²) < 4.78 is 13.6. The first-order valence-corrected chi connectivity index (χ1v) is 4.90. The first-order valence-electron chi connectivity index (χ1n) is 3.37. The van der Waals surface area contributed by atoms with Crippen LogP contribution in [0.5, 0.6) is 0 Å². The molecule has 0 heterocycles. The van der Waals surface area contributed by atoms with Crippen molar-refractivity contribution in [1.82, 2.24) is 0 Å². The predicted octanol–water partition coefficient (Wildman–Crippen LogP) is -0.777. The molecule has 0 aromatic carbocycles. The van der Waals surface area contributed by atoms with E-state index in [4.69, 9.17) is 14.9 Å². The lowest BCUT2D eigenvalue weighted by molar-refractivity contribution is -0.239. The van der Waals surface area contributed by atoms with Crippen LogP contribution in [0, 0.1) is 5.92 Å². The van der Waals surface area contributed by atoms with Gasteiger partial charge >= 0.3 is 7.82 Å². The number of aliphatic hydroxyl groups is 1. The molecule has 8 heteroatoms. The number of carbonyl (C=O) groups is 1. The van der Waals surface area contributed by atoms with Crippen LogP contribution < -0.4 is 0 Å². The lowest BCUT2D eigenvalue weighted by atomic mass is 10.1. The summed E-state index contributed by atoms with van der Waals surface area (Å²) in [7, 11) is -4.68. The molecule has 0 aromatic rings. The third kappa shape index (κ3) is 6.83. The molecule has 13 heavy (non-hydrogen) atoms. The molecule has 0 aliphatic rings. The lowest BCUT2D eigenvalue weighted by Gasteiger charge is -2.12. The minimum absolute atomic E-state index is 0.481. The third-order valence-electron chi connectivity index (χ3n) is 1.21. The summed E-state index contributed by atoms with van der Waals surface area (Å²) >= 11 is 0. The fourth-order valence-electron chi connectivity index (χ4n) is 0.411. The average molecular weight is 214 g/mol. The van der Waals surface area contributed by atoms with Gasteiger partial charge in [-0.25, -0.2) is 9.45 Å². The molecule has 2 atom stereocenters. The van der Waals surface area contributed by atoms with Crippen molar-refractivity contribution in [1.29, 1.82) is 0 Å². The highest BCUT2D eigenvalue weighted by Crippen LogP contribution is 2.35. The van der Waals surface area contributed by atoms with Crippen LogP contribution in [0.4, 0.5) is 0 Å². The summed E-state index contributed by atoms with van der Waals surface area (Å²) in [5.41, 5.74) is 0. The fraction of sp³-hybridized carbons (Fsp3) is 0.800. The highest BCUT2D eigenvalue weighted by molar-refractivity contribution is 7.46. The third-order valence-corrected chi connectivity index (χ3v) is 1.51. The quantitative estimate of drug-likeness (QED) is 0.230. The van der Waals surface area contributed by atoms with Crippen molar-refractivity contribution >= 4 is 14.1 Å². The molecular weight excluding hydrogens is 203 g/mol. The zero-order valence-corrected chi connectivity index (χ0v) is 7.76. The van der Waals surface area contributed by atoms with E-state index in [0.717, 1.165) is 0 Å². The van der Waals surface area contributed by atoms with E-state index in [1.807, 2.05) is 0 Å². The van der Waals surface area contributed by atoms with Crippen LogP contribution in [0.3, 0.4) is 0 Å². The molecule has 0 radical (unpaired) electrons. The zero-order chi connectivity index (χ0) is 10.5. The van der Waals surface area contributed by atoms with Crippen molar-refractivity contribution in [3.63, 3.8) is 0 Å². The van der Waals surface area contributed by atoms with E-state index in [9.17, 15) is 9.36 Å². The number of hydrogen-bond donors (Lipinski definition) is 3. The Hall–Kier alpha value is -0.300. The molecule has 0 saturated carbocycles. The molecule has 0 aliphatic carbocycles. The number of rotatable bonds is 6. The molecule has 0 bridgehead atoms. The molecule has 3 N–H and O–H groups in total. The number of aldehydes is 1. The maximum Gasteiger partial charge on any atom is 0.496 e. The average Bonchev–Trinajstić information content (AvgIpc) is 2.00. The Morgan fingerprint density at radius 1 is 1.54 bits per heavy atom. The van der Waals surface area contributed by atoms with Crippen LogP contribution in [-0.4, -0.2) is 33.9 Å². The molecule has 2 unspecified atom stereocenters. The lowest BCUT2D eigenvalue weighted by Crippen LogP contribution is -2.24. The van der Waals surface area contributed by atoms with E-state index in [0.29, 0.717) is 6.29 Å². The number of carbonyl (C=O) groups excluding carboxylic acids is 1. The number of phosphoric acid groups is 1. The van der Waals surface area contributed by atoms with E-state index < -0.39 is 26.5 Å². The normalized spacial score (nSPS) is 16.6. The summed E-state index contributed by atoms with van der Waals surface area (Å²) in [4.78, 5) is 30.4. The Bertz CT molecular complexity index is 199. The van der Waals surface area contributed by atoms with Gasteiger partial charge in [-0.05, 0) is 0 Å². The number of aliphatic hydroxyl groups excluding tert-OH is 1. The van der Waals surface area contributed by atoms with E-state index >= 15 is 0 Å². The molecule has 0 amide bonds. The summed E-state index contributed by atoms with van der Waals surface area (Å²) in [6.07, 6.45) is -0.657. The number of hydrogen-bond acceptors (Lipinski definition) is 5. The Morgan fingerprint density at radius 3 is 2.46 bits per heavy atom. The second kappa shape index (κ2) is 5.43. The van der Waals surface area contributed by atoms with E-state index in [2.05, 4.69) is 9.56 Å². The second-order valence-electron chi connectivity index (χ2n) is 2.41. The molecule has 0 spiro atoms. The molecule has 0 aromatic heterocycles. The van der Waals surface area contributed by atoms with Gasteiger partial charge < -0.3 is 19.7 Å². The van der Waals surface area contributed by atoms with Gasteiger partial charge in [0.05, 0.1) is 6.10 Å². The van der Waals surface area contributed by atoms with Gasteiger partial charge in [0, 0.05) is 5.92 Å². The fourth-order valence-corrected chi connectivity index (χ4v) is 0.609. The van der Waals surface area contributed by atoms with Crippen LogP contribution >= 0.6 is 7.82 Å². The van der Waals surface area contributed by atoms with Crippen LogP contribution in [0.2, 0.25) is 0 Å². The Morgan fingerprint density at radius 2 is 2.08 bits per heavy atom. The molecule has 78 valence electrons. The van der Waals surface area contributed by atoms with E-state index in [1.165, 1.54) is 6.92 Å². The molecule has 0 saturated heterocycles. The van der Waals surface area contributed by atoms with Crippen molar-refractivity contribution in [3.05, 3.63) is 0 Å². The molecule has 0 aliphatic heterocycles. The topological polar surface area (TPSA) is 113 Å². The van der Waals surface area contributed by atoms with Gasteiger partial charge in [0.1, 0.15) is 12.9 Å². The van der Waals surface area contributed by atoms with Crippen molar-refractivity contribution in [3.8, 4) is 0 Å². The monoisotopic (exact) mass is 214 g/mol. The molecule has 7 nitrogen and oxygen atoms in total. The first kappa shape index (κ1) is 12.7. The molecular formula is C5H11O7P. The smallest absolute Gasteiger partial charge is 0.390 e. The molecule has 0 fully saturated rings. The Balaban J connectivity index is 3.65. The predicted molar refractivity (Wildman–Crippen MR) is 40.3 cm³/mol. The highest BCUT2D eigenvalue weighted by Gasteiger charge is 2.19. The van der Waals surface area contributed by atoms with Crippen LogP contribution in [0.1, 0.15) is 6.92 Å². The Labute approximate surface area is 74.4 Å². The maximum absolute atomic E-state index is 10.1. The van der Waals surface area contributed by atoms with E-state index in [-0.39, 0.29) is 0 Å². The van der Waals surface area contributed by atoms with Crippen molar-refractivity contribution < 1.29 is 33.8 Å². The minimum atomic E-state index is -4.68. The first-order chi connectivity index (χ1) is 5.87. The standard InChI is InChI=1S/C5H11O7P/c1-4(2-6)5(7)3-11-12-13(8,9)10/h2,4-5,7H,3H2,1H3,(H2,8,9,10). The van der Waals surface area contributed by atoms with E-state index in [1.54, 1.807) is 0 Å². The highest BCUT2D eigenvalue weighted by atomic mass is 31.2. The molecule has 0 rings (SSSR count). The zero-order valence-electron chi connectivity index (χ0n) is 6.86. The van der Waals surface area contributed by atoms with Gasteiger partial charge in [0.25, 0.3) is 0 Å². The van der Waals surface area contributed by atoms with Gasteiger partial charge in [0.15, 0.2) is 0 Å². The van der Waals surface area contributed by atoms with Gasteiger partial charge in [-0.3, -0.25) is 0 Å². The summed E-state index contributed by atoms with van der Waals surface area (Å²) in [6.45, 7) is 0.948. The Kier molecular flexibility index (Phi) is 5.31. The van der Waals surface area contributed by atoms with Crippen LogP contribution in [0.15, 0.2) is 0 Å². The minimum Gasteiger partial charge on any atom is -0.390 e. The van der Waals surface area contributed by atoms with Crippen molar-refractivity contribution in [2.75, 3.05) is 6.61 Å². The van der Waals surface area contributed by atoms with Crippen molar-refractivity contribution in [2.45, 2.75) is 13.0 Å².